The second kappa shape index (κ2) is 26.6. The van der Waals surface area contributed by atoms with Gasteiger partial charge in [0.25, 0.3) is 16.8 Å². The van der Waals surface area contributed by atoms with Crippen LogP contribution in [0.4, 0.5) is 17.1 Å². The van der Waals surface area contributed by atoms with Crippen LogP contribution >= 0.6 is 0 Å². The van der Waals surface area contributed by atoms with Crippen molar-refractivity contribution < 1.29 is 45.2 Å². The molecule has 5 aliphatic rings. The van der Waals surface area contributed by atoms with Gasteiger partial charge in [0.2, 0.25) is 0 Å². The fourth-order valence-electron chi connectivity index (χ4n) is 11.9. The van der Waals surface area contributed by atoms with Crippen LogP contribution in [0.15, 0.2) is 116 Å². The largest absolute Gasteiger partial charge is 0.505 e. The zero-order valence-corrected chi connectivity index (χ0v) is 58.2. The summed E-state index contributed by atoms with van der Waals surface area (Å²) in [5.41, 5.74) is 11.3. The standard InChI is InChI=1S/C23H25N3O5.C14H23NO2S.C14H21NO2S.C10H15NO.C10H12O2/c1-23(2)10-8-15-12(9-11-31-15)21(23)25-17-16(19(28)20(17)29)24-14-7-5-6-13(18(14)27)22(30)26(3)4;2*1-13(2,3)18(16)15-12-10-7-9-17-11(10)6-8-14(12,4)5;2*1-10(2)5-3-8-7(9(10)11)4-6-12-8/h5-7,9,11,21,24-25,27H,8,10H2,1-4H3;7,9,12,15H,6,8H2,1-5H3;7,9H,6,8H2,1-5H3;4,6,9H,3,5,11H2,1-2H3;4,6H,3,5H2,1-2H3/t21-;12-,18-;18-;9-;/m0000./s1. The Hall–Kier alpha value is -6.87. The van der Waals surface area contributed by atoms with Crippen LogP contribution in [0.3, 0.4) is 0 Å². The van der Waals surface area contributed by atoms with Gasteiger partial charge in [0.15, 0.2) is 11.5 Å². The number of phenolic OH excluding ortho intramolecular Hbond substituents is 1. The van der Waals surface area contributed by atoms with Gasteiger partial charge < -0.3 is 48.5 Å². The van der Waals surface area contributed by atoms with E-state index in [1.165, 1.54) is 22.1 Å². The minimum Gasteiger partial charge on any atom is -0.505 e. The van der Waals surface area contributed by atoms with Gasteiger partial charge in [-0.3, -0.25) is 19.2 Å². The predicted molar refractivity (Wildman–Crippen MR) is 361 cm³/mol. The topological polar surface area (TPSA) is 266 Å². The first kappa shape index (κ1) is 70.0. The maximum atomic E-state index is 12.4. The third-order valence-corrected chi connectivity index (χ3v) is 21.5. The number of furan rings is 5. The molecule has 0 fully saturated rings. The number of para-hydroxylation sites is 1. The van der Waals surface area contributed by atoms with Crippen molar-refractivity contribution in [1.29, 1.82) is 0 Å². The van der Waals surface area contributed by atoms with Gasteiger partial charge in [-0.2, -0.15) is 4.40 Å². The first-order chi connectivity index (χ1) is 42.3. The lowest BCUT2D eigenvalue weighted by Crippen LogP contribution is -2.43. The van der Waals surface area contributed by atoms with Crippen molar-refractivity contribution in [2.24, 2.45) is 37.2 Å². The zero-order valence-electron chi connectivity index (χ0n) is 56.5. The Morgan fingerprint density at radius 2 is 1.03 bits per heavy atom. The number of Topliss-reactive ketones (excluding diaryl/α,β-unsaturated/α-hetero) is 1. The van der Waals surface area contributed by atoms with Crippen molar-refractivity contribution in [3.8, 4) is 5.75 Å². The molecule has 2 aromatic carbocycles. The molecule has 5 atom stereocenters. The van der Waals surface area contributed by atoms with Crippen LogP contribution in [0.5, 0.6) is 5.75 Å². The van der Waals surface area contributed by atoms with Crippen molar-refractivity contribution in [1.82, 2.24) is 9.62 Å². The number of carbonyl (C=O) groups excluding carboxylic acids is 2. The number of nitrogens with one attached hydrogen (secondary N) is 3. The number of phenols is 1. The van der Waals surface area contributed by atoms with Gasteiger partial charge in [0.1, 0.15) is 51.2 Å². The van der Waals surface area contributed by atoms with Gasteiger partial charge >= 0.3 is 0 Å². The lowest BCUT2D eigenvalue weighted by molar-refractivity contribution is 0.0802. The molecule has 0 saturated carbocycles. The number of hydrogen-bond acceptors (Lipinski definition) is 15. The Labute approximate surface area is 541 Å². The molecule has 0 spiro atoms. The van der Waals surface area contributed by atoms with Crippen LogP contribution in [0.25, 0.3) is 0 Å². The molecule has 1 amide bonds. The summed E-state index contributed by atoms with van der Waals surface area (Å²) in [7, 11) is 0.869. The third kappa shape index (κ3) is 15.3. The summed E-state index contributed by atoms with van der Waals surface area (Å²) in [5, 5.41) is 16.7. The van der Waals surface area contributed by atoms with Crippen LogP contribution in [-0.2, 0) is 54.1 Å². The summed E-state index contributed by atoms with van der Waals surface area (Å²) in [6.07, 6.45) is 17.9. The highest BCUT2D eigenvalue weighted by Crippen LogP contribution is 2.48. The van der Waals surface area contributed by atoms with Crippen LogP contribution < -0.4 is 31.9 Å². The lowest BCUT2D eigenvalue weighted by Gasteiger charge is -2.39. The number of aromatic hydroxyl groups is 1. The summed E-state index contributed by atoms with van der Waals surface area (Å²) in [6.45, 7) is 33.2. The maximum Gasteiger partial charge on any atom is 0.257 e. The number of nitrogens with two attached hydrogens (primary N) is 1. The van der Waals surface area contributed by atoms with Gasteiger partial charge in [-0.1, -0.05) is 75.3 Å². The van der Waals surface area contributed by atoms with E-state index in [1.54, 1.807) is 63.6 Å². The summed E-state index contributed by atoms with van der Waals surface area (Å²) in [4.78, 5) is 50.1. The number of aryl methyl sites for hydroxylation is 5. The molecular weight excluding hydrogens is 1190 g/mol. The molecule has 0 aliphatic heterocycles. The summed E-state index contributed by atoms with van der Waals surface area (Å²) in [6, 6.07) is 14.3. The monoisotopic (exact) mass is 1290 g/mol. The number of hydrogen-bond donors (Lipinski definition) is 5. The molecule has 0 unspecified atom stereocenters. The van der Waals surface area contributed by atoms with Crippen molar-refractivity contribution >= 4 is 56.4 Å². The number of ketones is 1. The summed E-state index contributed by atoms with van der Waals surface area (Å²) >= 11 is 0. The molecule has 0 bridgehead atoms. The fourth-order valence-corrected chi connectivity index (χ4v) is 13.7. The van der Waals surface area contributed by atoms with Crippen LogP contribution in [-0.4, -0.2) is 59.4 Å². The van der Waals surface area contributed by atoms with E-state index in [1.807, 2.05) is 79.7 Å². The van der Waals surface area contributed by atoms with E-state index in [2.05, 4.69) is 75.1 Å². The highest BCUT2D eigenvalue weighted by molar-refractivity contribution is 7.85. The molecule has 0 saturated heterocycles. The first-order valence-corrected chi connectivity index (χ1v) is 33.7. The van der Waals surface area contributed by atoms with E-state index in [4.69, 9.17) is 27.8 Å². The average molecular weight is 1290 g/mol. The normalized spacial score (nSPS) is 21.5. The van der Waals surface area contributed by atoms with Gasteiger partial charge in [-0.25, -0.2) is 13.1 Å². The molecule has 494 valence electrons. The third-order valence-electron chi connectivity index (χ3n) is 18.5. The minimum atomic E-state index is -1.23. The van der Waals surface area contributed by atoms with Crippen molar-refractivity contribution in [3.05, 3.63) is 162 Å². The number of anilines is 3. The molecular formula is C71H96N6O12S2. The van der Waals surface area contributed by atoms with E-state index in [-0.39, 0.29) is 94.8 Å². The molecule has 20 heteroatoms. The van der Waals surface area contributed by atoms with Crippen LogP contribution in [0.1, 0.15) is 233 Å². The molecule has 12 rings (SSSR count). The van der Waals surface area contributed by atoms with Crippen molar-refractivity contribution in [3.63, 3.8) is 0 Å². The van der Waals surface area contributed by atoms with Gasteiger partial charge in [-0.05, 0) is 132 Å². The second-order valence-electron chi connectivity index (χ2n) is 30.2. The Morgan fingerprint density at radius 1 is 0.582 bits per heavy atom. The SMILES string of the molecule is CC1(C)CCc2occc2C1=N[S@@](=O)C(C)(C)C.CC1(C)CCc2occc2C1=O.CC1(C)CCc2occc2[C@@H]1N.CC1(C)CCc2occc2[C@@H]1N[S@@](=O)C(C)(C)C.CN(C)C(=O)c1cccc(Nc2c(N[C@H]3c4ccoc4CCC3(C)C)c(=O)c2=O)c1O. The Bertz CT molecular complexity index is 3890. The molecule has 5 aromatic heterocycles. The number of amides is 1. The van der Waals surface area contributed by atoms with E-state index < -0.39 is 32.8 Å². The Morgan fingerprint density at radius 3 is 1.58 bits per heavy atom. The molecule has 5 heterocycles. The summed E-state index contributed by atoms with van der Waals surface area (Å²) in [5.74, 6) is 4.39. The molecule has 6 N–H and O–H groups in total. The second-order valence-corrected chi connectivity index (χ2v) is 34.1. The van der Waals surface area contributed by atoms with Crippen molar-refractivity contribution in [2.75, 3.05) is 24.7 Å². The Balaban J connectivity index is 0.000000154. The number of benzene rings is 1. The number of nitrogens with zero attached hydrogens (tertiary/aromatic N) is 2. The number of fused-ring (bicyclic) bond motifs is 5. The minimum absolute atomic E-state index is 0.0439. The Kier molecular flexibility index (Phi) is 20.5. The highest BCUT2D eigenvalue weighted by atomic mass is 32.2. The first-order valence-electron chi connectivity index (χ1n) is 31.5. The number of carbonyl (C=O) groups is 2. The van der Waals surface area contributed by atoms with Gasteiger partial charge in [0.05, 0.1) is 86.4 Å². The summed E-state index contributed by atoms with van der Waals surface area (Å²) < 4.78 is 58.9. The fraction of sp³-hybridized carbons (Fsp3) is 0.535. The van der Waals surface area contributed by atoms with E-state index >= 15 is 0 Å². The average Bonchev–Trinajstić information content (AvgIpc) is 1.29. The van der Waals surface area contributed by atoms with Gasteiger partial charge in [-0.15, -0.1) is 0 Å². The zero-order chi connectivity index (χ0) is 67.1. The molecule has 0 radical (unpaired) electrons. The van der Waals surface area contributed by atoms with Crippen LogP contribution in [0.2, 0.25) is 0 Å². The maximum absolute atomic E-state index is 12.4. The predicted octanol–water partition coefficient (Wildman–Crippen LogP) is 14.7. The van der Waals surface area contributed by atoms with Crippen LogP contribution in [0, 0.1) is 27.1 Å². The smallest absolute Gasteiger partial charge is 0.257 e. The van der Waals surface area contributed by atoms with Gasteiger partial charge in [0, 0.05) is 85.3 Å². The van der Waals surface area contributed by atoms with E-state index in [0.29, 0.717) is 0 Å². The quantitative estimate of drug-likeness (QED) is 0.0699. The molecule has 91 heavy (non-hydrogen) atoms. The molecule has 18 nitrogen and oxygen atoms in total. The molecule has 5 aliphatic carbocycles. The van der Waals surface area contributed by atoms with Crippen molar-refractivity contribution in [2.45, 2.75) is 203 Å². The van der Waals surface area contributed by atoms with E-state index in [9.17, 15) is 32.7 Å². The number of rotatable bonds is 8. The molecule has 7 aromatic rings. The highest BCUT2D eigenvalue weighted by Gasteiger charge is 2.43. The lowest BCUT2D eigenvalue weighted by atomic mass is 9.72. The van der Waals surface area contributed by atoms with E-state index in [0.717, 1.165) is 115 Å².